The van der Waals surface area contributed by atoms with E-state index in [2.05, 4.69) is 15.3 Å². The molecule has 0 spiro atoms. The molecular weight excluding hydrogens is 302 g/mol. The number of carbonyl (C=O) groups is 1. The van der Waals surface area contributed by atoms with Gasteiger partial charge in [0.15, 0.2) is 5.13 Å². The third-order valence-electron chi connectivity index (χ3n) is 2.89. The number of ether oxygens (including phenoxy) is 2. The standard InChI is InChI=1S/C15H19N3O3S/c1-9-5-12(21-7-11(3)20-4)6-13(16-9)14(19)18-15-17-10(2)8-22-15/h5-6,8,11H,7H2,1-4H3,(H,17,18,19)/t11-/m1/s1. The van der Waals surface area contributed by atoms with E-state index in [-0.39, 0.29) is 12.0 Å². The number of amides is 1. The van der Waals surface area contributed by atoms with Crippen molar-refractivity contribution in [2.45, 2.75) is 26.9 Å². The molecule has 0 aromatic carbocycles. The number of nitrogens with zero attached hydrogens (tertiary/aromatic N) is 2. The molecule has 0 unspecified atom stereocenters. The van der Waals surface area contributed by atoms with Crippen molar-refractivity contribution in [3.8, 4) is 5.75 Å². The van der Waals surface area contributed by atoms with E-state index in [1.54, 1.807) is 19.2 Å². The lowest BCUT2D eigenvalue weighted by Gasteiger charge is -2.12. The number of carbonyl (C=O) groups excluding carboxylic acids is 1. The number of thiazole rings is 1. The van der Waals surface area contributed by atoms with Crippen LogP contribution in [-0.4, -0.2) is 35.7 Å². The van der Waals surface area contributed by atoms with Gasteiger partial charge in [0.1, 0.15) is 18.1 Å². The van der Waals surface area contributed by atoms with Crippen molar-refractivity contribution in [1.82, 2.24) is 9.97 Å². The van der Waals surface area contributed by atoms with Crippen molar-refractivity contribution in [3.05, 3.63) is 34.6 Å². The van der Waals surface area contributed by atoms with Crippen molar-refractivity contribution < 1.29 is 14.3 Å². The van der Waals surface area contributed by atoms with Gasteiger partial charge in [-0.3, -0.25) is 10.1 Å². The number of anilines is 1. The molecule has 7 heteroatoms. The fraction of sp³-hybridized carbons (Fsp3) is 0.400. The van der Waals surface area contributed by atoms with E-state index in [4.69, 9.17) is 9.47 Å². The first-order valence-electron chi connectivity index (χ1n) is 6.85. The topological polar surface area (TPSA) is 73.3 Å². The number of aryl methyl sites for hydroxylation is 2. The van der Waals surface area contributed by atoms with Gasteiger partial charge in [0.2, 0.25) is 0 Å². The van der Waals surface area contributed by atoms with Crippen LogP contribution in [0.4, 0.5) is 5.13 Å². The van der Waals surface area contributed by atoms with Crippen LogP contribution in [0.3, 0.4) is 0 Å². The fourth-order valence-corrected chi connectivity index (χ4v) is 2.37. The third-order valence-corrected chi connectivity index (χ3v) is 3.76. The maximum absolute atomic E-state index is 12.2. The van der Waals surface area contributed by atoms with Gasteiger partial charge in [-0.25, -0.2) is 9.97 Å². The fourth-order valence-electron chi connectivity index (χ4n) is 1.69. The summed E-state index contributed by atoms with van der Waals surface area (Å²) in [5.41, 5.74) is 1.88. The number of nitrogens with one attached hydrogen (secondary N) is 1. The second-order valence-electron chi connectivity index (χ2n) is 4.93. The molecule has 0 aliphatic rings. The predicted octanol–water partition coefficient (Wildman–Crippen LogP) is 2.82. The van der Waals surface area contributed by atoms with Gasteiger partial charge in [0, 0.05) is 30.3 Å². The highest BCUT2D eigenvalue weighted by Crippen LogP contribution is 2.18. The monoisotopic (exact) mass is 321 g/mol. The molecule has 6 nitrogen and oxygen atoms in total. The van der Waals surface area contributed by atoms with E-state index in [0.29, 0.717) is 28.9 Å². The first-order chi connectivity index (χ1) is 10.5. The number of hydrogen-bond donors (Lipinski definition) is 1. The van der Waals surface area contributed by atoms with Crippen LogP contribution in [0.5, 0.6) is 5.75 Å². The molecule has 0 radical (unpaired) electrons. The quantitative estimate of drug-likeness (QED) is 0.885. The Hall–Kier alpha value is -1.99. The molecule has 118 valence electrons. The number of methoxy groups -OCH3 is 1. The van der Waals surface area contributed by atoms with Crippen LogP contribution in [0.1, 0.15) is 28.8 Å². The highest BCUT2D eigenvalue weighted by molar-refractivity contribution is 7.13. The molecule has 0 fully saturated rings. The van der Waals surface area contributed by atoms with Crippen LogP contribution in [0.25, 0.3) is 0 Å². The van der Waals surface area contributed by atoms with Gasteiger partial charge >= 0.3 is 0 Å². The van der Waals surface area contributed by atoms with Crippen molar-refractivity contribution in [2.24, 2.45) is 0 Å². The zero-order valence-electron chi connectivity index (χ0n) is 13.0. The van der Waals surface area contributed by atoms with E-state index >= 15 is 0 Å². The SMILES string of the molecule is CO[C@H](C)COc1cc(C)nc(C(=O)Nc2nc(C)cs2)c1. The smallest absolute Gasteiger partial charge is 0.276 e. The second kappa shape index (κ2) is 7.33. The van der Waals surface area contributed by atoms with Gasteiger partial charge in [0.05, 0.1) is 11.8 Å². The molecule has 0 aliphatic heterocycles. The van der Waals surface area contributed by atoms with Gasteiger partial charge in [-0.05, 0) is 20.8 Å². The minimum atomic E-state index is -0.303. The zero-order chi connectivity index (χ0) is 16.1. The second-order valence-corrected chi connectivity index (χ2v) is 5.79. The van der Waals surface area contributed by atoms with Crippen LogP contribution >= 0.6 is 11.3 Å². The minimum Gasteiger partial charge on any atom is -0.491 e. The molecule has 2 aromatic heterocycles. The molecule has 2 heterocycles. The Balaban J connectivity index is 2.09. The van der Waals surface area contributed by atoms with Gasteiger partial charge in [0.25, 0.3) is 5.91 Å². The first kappa shape index (κ1) is 16.4. The summed E-state index contributed by atoms with van der Waals surface area (Å²) < 4.78 is 10.8. The Morgan fingerprint density at radius 3 is 2.73 bits per heavy atom. The van der Waals surface area contributed by atoms with E-state index in [1.807, 2.05) is 26.2 Å². The predicted molar refractivity (Wildman–Crippen MR) is 85.7 cm³/mol. The summed E-state index contributed by atoms with van der Waals surface area (Å²) in [5, 5.41) is 5.17. The molecule has 2 aromatic rings. The number of rotatable bonds is 6. The molecular formula is C15H19N3O3S. The number of aromatic nitrogens is 2. The molecule has 0 saturated heterocycles. The summed E-state index contributed by atoms with van der Waals surface area (Å²) in [6.45, 7) is 6.01. The van der Waals surface area contributed by atoms with Gasteiger partial charge in [-0.1, -0.05) is 0 Å². The molecule has 22 heavy (non-hydrogen) atoms. The highest BCUT2D eigenvalue weighted by Gasteiger charge is 2.12. The van der Waals surface area contributed by atoms with E-state index in [9.17, 15) is 4.79 Å². The highest BCUT2D eigenvalue weighted by atomic mass is 32.1. The van der Waals surface area contributed by atoms with Gasteiger partial charge < -0.3 is 9.47 Å². The number of pyridine rings is 1. The zero-order valence-corrected chi connectivity index (χ0v) is 13.9. The molecule has 1 atom stereocenters. The molecule has 0 aliphatic carbocycles. The van der Waals surface area contributed by atoms with Gasteiger partial charge in [-0.2, -0.15) is 0 Å². The lowest BCUT2D eigenvalue weighted by molar-refractivity contribution is 0.0715. The Labute approximate surface area is 133 Å². The maximum atomic E-state index is 12.2. The van der Waals surface area contributed by atoms with Crippen LogP contribution in [-0.2, 0) is 4.74 Å². The molecule has 1 N–H and O–H groups in total. The van der Waals surface area contributed by atoms with Crippen LogP contribution < -0.4 is 10.1 Å². The van der Waals surface area contributed by atoms with Crippen LogP contribution in [0.2, 0.25) is 0 Å². The lowest BCUT2D eigenvalue weighted by atomic mass is 10.2. The number of hydrogen-bond acceptors (Lipinski definition) is 6. The average molecular weight is 321 g/mol. The van der Waals surface area contributed by atoms with Crippen molar-refractivity contribution >= 4 is 22.4 Å². The van der Waals surface area contributed by atoms with Gasteiger partial charge in [-0.15, -0.1) is 11.3 Å². The molecule has 2 rings (SSSR count). The Morgan fingerprint density at radius 2 is 2.09 bits per heavy atom. The normalized spacial score (nSPS) is 12.0. The summed E-state index contributed by atoms with van der Waals surface area (Å²) in [4.78, 5) is 20.7. The van der Waals surface area contributed by atoms with E-state index < -0.39 is 0 Å². The minimum absolute atomic E-state index is 0.0240. The summed E-state index contributed by atoms with van der Waals surface area (Å²) in [5.74, 6) is 0.291. The Bertz CT molecular complexity index is 657. The summed E-state index contributed by atoms with van der Waals surface area (Å²) in [7, 11) is 1.63. The van der Waals surface area contributed by atoms with Crippen molar-refractivity contribution in [2.75, 3.05) is 19.0 Å². The average Bonchev–Trinajstić information content (AvgIpc) is 2.89. The Kier molecular flexibility index (Phi) is 5.46. The maximum Gasteiger partial charge on any atom is 0.276 e. The lowest BCUT2D eigenvalue weighted by Crippen LogP contribution is -2.17. The van der Waals surface area contributed by atoms with E-state index in [1.165, 1.54) is 11.3 Å². The molecule has 0 saturated carbocycles. The molecule has 0 bridgehead atoms. The Morgan fingerprint density at radius 1 is 1.32 bits per heavy atom. The summed E-state index contributed by atoms with van der Waals surface area (Å²) >= 11 is 1.38. The van der Waals surface area contributed by atoms with Crippen molar-refractivity contribution in [3.63, 3.8) is 0 Å². The van der Waals surface area contributed by atoms with Crippen LogP contribution in [0, 0.1) is 13.8 Å². The first-order valence-corrected chi connectivity index (χ1v) is 7.73. The van der Waals surface area contributed by atoms with Crippen LogP contribution in [0.15, 0.2) is 17.5 Å². The largest absolute Gasteiger partial charge is 0.491 e. The molecule has 1 amide bonds. The third kappa shape index (κ3) is 4.51. The summed E-state index contributed by atoms with van der Waals surface area (Å²) in [6.07, 6.45) is -0.0240. The van der Waals surface area contributed by atoms with E-state index in [0.717, 1.165) is 5.69 Å². The summed E-state index contributed by atoms with van der Waals surface area (Å²) in [6, 6.07) is 3.40. The van der Waals surface area contributed by atoms with Crippen molar-refractivity contribution in [1.29, 1.82) is 0 Å².